The fraction of sp³-hybridized carbons (Fsp3) is 0.182. The van der Waals surface area contributed by atoms with E-state index in [0.717, 1.165) is 11.1 Å². The predicted molar refractivity (Wildman–Crippen MR) is 98.2 cm³/mol. The van der Waals surface area contributed by atoms with E-state index in [4.69, 9.17) is 14.2 Å². The molecule has 0 aromatic heterocycles. The van der Waals surface area contributed by atoms with Gasteiger partial charge in [-0.1, -0.05) is 60.7 Å². The average Bonchev–Trinajstić information content (AvgIpc) is 3.23. The molecule has 1 saturated heterocycles. The van der Waals surface area contributed by atoms with Gasteiger partial charge in [-0.15, -0.1) is 0 Å². The lowest BCUT2D eigenvalue weighted by Crippen LogP contribution is -2.27. The van der Waals surface area contributed by atoms with E-state index in [0.29, 0.717) is 0 Å². The SMILES string of the molecule is O=C1C=C[C@@]2(C[C@H](OC(=O)/C=C/c3ccccc3)[C@@H](c3ccccc3)O2)O1. The molecule has 1 spiro atoms. The minimum atomic E-state index is -1.17. The third-order valence-electron chi connectivity index (χ3n) is 4.50. The molecule has 5 nitrogen and oxygen atoms in total. The lowest BCUT2D eigenvalue weighted by atomic mass is 10.0. The first-order valence-corrected chi connectivity index (χ1v) is 8.72. The summed E-state index contributed by atoms with van der Waals surface area (Å²) in [7, 11) is 0. The van der Waals surface area contributed by atoms with E-state index >= 15 is 0 Å². The number of hydrogen-bond acceptors (Lipinski definition) is 5. The van der Waals surface area contributed by atoms with Crippen LogP contribution in [0.3, 0.4) is 0 Å². The van der Waals surface area contributed by atoms with Gasteiger partial charge in [0.15, 0.2) is 0 Å². The molecule has 2 aromatic rings. The Labute approximate surface area is 156 Å². The van der Waals surface area contributed by atoms with Crippen molar-refractivity contribution in [1.29, 1.82) is 0 Å². The van der Waals surface area contributed by atoms with Crippen molar-refractivity contribution in [3.05, 3.63) is 90.0 Å². The summed E-state index contributed by atoms with van der Waals surface area (Å²) in [5.74, 6) is -2.11. The molecule has 2 aliphatic rings. The average molecular weight is 362 g/mol. The maximum atomic E-state index is 12.3. The van der Waals surface area contributed by atoms with Crippen molar-refractivity contribution in [2.45, 2.75) is 24.4 Å². The molecule has 0 radical (unpaired) electrons. The fourth-order valence-corrected chi connectivity index (χ4v) is 3.28. The number of hydrogen-bond donors (Lipinski definition) is 0. The molecule has 0 amide bonds. The molecule has 0 unspecified atom stereocenters. The summed E-state index contributed by atoms with van der Waals surface area (Å²) in [6, 6.07) is 18.9. The van der Waals surface area contributed by atoms with Gasteiger partial charge in [-0.3, -0.25) is 0 Å². The summed E-state index contributed by atoms with van der Waals surface area (Å²) in [5, 5.41) is 0. The number of carbonyl (C=O) groups excluding carboxylic acids is 2. The quantitative estimate of drug-likeness (QED) is 0.614. The van der Waals surface area contributed by atoms with Crippen LogP contribution in [0, 0.1) is 0 Å². The Kier molecular flexibility index (Phi) is 4.60. The van der Waals surface area contributed by atoms with Crippen molar-refractivity contribution >= 4 is 18.0 Å². The van der Waals surface area contributed by atoms with Crippen molar-refractivity contribution in [3.63, 3.8) is 0 Å². The van der Waals surface area contributed by atoms with Crippen molar-refractivity contribution in [1.82, 2.24) is 0 Å². The van der Waals surface area contributed by atoms with Gasteiger partial charge in [0.2, 0.25) is 5.79 Å². The topological polar surface area (TPSA) is 61.8 Å². The first kappa shape index (κ1) is 17.2. The van der Waals surface area contributed by atoms with Crippen LogP contribution in [0.2, 0.25) is 0 Å². The zero-order valence-corrected chi connectivity index (χ0v) is 14.5. The molecular formula is C22H18O5. The second-order valence-corrected chi connectivity index (χ2v) is 6.44. The number of benzene rings is 2. The lowest BCUT2D eigenvalue weighted by molar-refractivity contribution is -0.193. The van der Waals surface area contributed by atoms with Gasteiger partial charge >= 0.3 is 11.9 Å². The molecule has 0 aliphatic carbocycles. The maximum absolute atomic E-state index is 12.3. The van der Waals surface area contributed by atoms with Gasteiger partial charge in [0, 0.05) is 12.2 Å². The number of esters is 2. The predicted octanol–water partition coefficient (Wildman–Crippen LogP) is 3.58. The Hall–Kier alpha value is -3.18. The van der Waals surface area contributed by atoms with Crippen molar-refractivity contribution in [2.24, 2.45) is 0 Å². The normalized spacial score (nSPS) is 26.6. The highest BCUT2D eigenvalue weighted by Gasteiger charge is 2.52. The summed E-state index contributed by atoms with van der Waals surface area (Å²) >= 11 is 0. The minimum absolute atomic E-state index is 0.250. The highest BCUT2D eigenvalue weighted by molar-refractivity contribution is 5.87. The van der Waals surface area contributed by atoms with Crippen LogP contribution in [0.25, 0.3) is 6.08 Å². The molecule has 2 aromatic carbocycles. The summed E-state index contributed by atoms with van der Waals surface area (Å²) in [5.41, 5.74) is 1.76. The largest absolute Gasteiger partial charge is 0.456 e. The van der Waals surface area contributed by atoms with Gasteiger partial charge in [0.25, 0.3) is 0 Å². The summed E-state index contributed by atoms with van der Waals surface area (Å²) in [4.78, 5) is 23.9. The molecule has 0 N–H and O–H groups in total. The molecule has 4 rings (SSSR count). The summed E-state index contributed by atoms with van der Waals surface area (Å²) in [6.07, 6.45) is 5.16. The van der Waals surface area contributed by atoms with Crippen LogP contribution < -0.4 is 0 Å². The van der Waals surface area contributed by atoms with Crippen LogP contribution in [0.1, 0.15) is 23.7 Å². The molecule has 0 bridgehead atoms. The van der Waals surface area contributed by atoms with E-state index < -0.39 is 29.9 Å². The van der Waals surface area contributed by atoms with Crippen LogP contribution in [-0.4, -0.2) is 23.8 Å². The van der Waals surface area contributed by atoms with E-state index in [2.05, 4.69) is 0 Å². The van der Waals surface area contributed by atoms with E-state index in [-0.39, 0.29) is 6.42 Å². The Morgan fingerprint density at radius 2 is 1.78 bits per heavy atom. The van der Waals surface area contributed by atoms with Gasteiger partial charge in [-0.25, -0.2) is 9.59 Å². The second-order valence-electron chi connectivity index (χ2n) is 6.44. The van der Waals surface area contributed by atoms with Crippen LogP contribution in [0.15, 0.2) is 78.9 Å². The molecule has 5 heteroatoms. The number of carbonyl (C=O) groups is 2. The minimum Gasteiger partial charge on any atom is -0.456 e. The van der Waals surface area contributed by atoms with Gasteiger partial charge in [0.05, 0.1) is 6.42 Å². The Morgan fingerprint density at radius 3 is 2.44 bits per heavy atom. The molecule has 136 valence electrons. The highest BCUT2D eigenvalue weighted by Crippen LogP contribution is 2.44. The molecule has 2 heterocycles. The molecule has 0 saturated carbocycles. The number of rotatable bonds is 4. The molecular weight excluding hydrogens is 344 g/mol. The zero-order valence-electron chi connectivity index (χ0n) is 14.5. The summed E-state index contributed by atoms with van der Waals surface area (Å²) < 4.78 is 17.0. The fourth-order valence-electron chi connectivity index (χ4n) is 3.28. The van der Waals surface area contributed by atoms with Crippen LogP contribution in [0.4, 0.5) is 0 Å². The Morgan fingerprint density at radius 1 is 1.07 bits per heavy atom. The number of ether oxygens (including phenoxy) is 3. The third kappa shape index (κ3) is 3.83. The zero-order chi connectivity index (χ0) is 18.7. The Balaban J connectivity index is 1.52. The van der Waals surface area contributed by atoms with Gasteiger partial charge in [0.1, 0.15) is 12.2 Å². The second kappa shape index (κ2) is 7.21. The van der Waals surface area contributed by atoms with Gasteiger partial charge < -0.3 is 14.2 Å². The first-order valence-electron chi connectivity index (χ1n) is 8.72. The van der Waals surface area contributed by atoms with Crippen LogP contribution in [-0.2, 0) is 23.8 Å². The van der Waals surface area contributed by atoms with Crippen molar-refractivity contribution in [3.8, 4) is 0 Å². The van der Waals surface area contributed by atoms with E-state index in [9.17, 15) is 9.59 Å². The standard InChI is InChI=1S/C22H18O5/c23-19(12-11-16-7-3-1-4-8-16)25-18-15-22(14-13-20(24)26-22)27-21(18)17-9-5-2-6-10-17/h1-14,18,21H,15H2/b12-11+/t18-,21+,22+/m0/s1. The van der Waals surface area contributed by atoms with Crippen molar-refractivity contribution in [2.75, 3.05) is 0 Å². The molecule has 3 atom stereocenters. The van der Waals surface area contributed by atoms with Crippen LogP contribution in [0.5, 0.6) is 0 Å². The third-order valence-corrected chi connectivity index (χ3v) is 4.50. The first-order chi connectivity index (χ1) is 13.1. The summed E-state index contributed by atoms with van der Waals surface area (Å²) in [6.45, 7) is 0. The van der Waals surface area contributed by atoms with Gasteiger partial charge in [-0.2, -0.15) is 0 Å². The van der Waals surface area contributed by atoms with E-state index in [1.807, 2.05) is 60.7 Å². The maximum Gasteiger partial charge on any atom is 0.333 e. The van der Waals surface area contributed by atoms with Gasteiger partial charge in [-0.05, 0) is 23.3 Å². The molecule has 27 heavy (non-hydrogen) atoms. The molecule has 2 aliphatic heterocycles. The smallest absolute Gasteiger partial charge is 0.333 e. The van der Waals surface area contributed by atoms with E-state index in [1.54, 1.807) is 12.2 Å². The lowest BCUT2D eigenvalue weighted by Gasteiger charge is -2.21. The molecule has 1 fully saturated rings. The van der Waals surface area contributed by atoms with E-state index in [1.165, 1.54) is 12.2 Å². The monoisotopic (exact) mass is 362 g/mol. The van der Waals surface area contributed by atoms with Crippen molar-refractivity contribution < 1.29 is 23.8 Å². The highest BCUT2D eigenvalue weighted by atomic mass is 16.7. The Bertz CT molecular complexity index is 887. The van der Waals surface area contributed by atoms with Crippen LogP contribution >= 0.6 is 0 Å².